The first kappa shape index (κ1) is 18.4. The van der Waals surface area contributed by atoms with Crippen LogP contribution >= 0.6 is 0 Å². The lowest BCUT2D eigenvalue weighted by Gasteiger charge is -2.18. The standard InChI is InChI=1S/C19H20N2O6/c1-24-14-3-5-15(6-4-14)25-9-8-20-18(22)19(23)21-13-2-7-16-17(12-13)27-11-10-26-16/h2-7,12H,8-11H2,1H3,(H,20,22)(H,21,23). The molecule has 0 atom stereocenters. The van der Waals surface area contributed by atoms with Crippen molar-refractivity contribution < 1.29 is 28.5 Å². The number of methoxy groups -OCH3 is 1. The van der Waals surface area contributed by atoms with Crippen molar-refractivity contribution in [2.45, 2.75) is 0 Å². The first-order valence-electron chi connectivity index (χ1n) is 8.41. The molecule has 1 heterocycles. The molecule has 0 saturated carbocycles. The molecule has 0 spiro atoms. The molecule has 0 aromatic heterocycles. The van der Waals surface area contributed by atoms with E-state index in [4.69, 9.17) is 18.9 Å². The van der Waals surface area contributed by atoms with Gasteiger partial charge in [0.15, 0.2) is 11.5 Å². The number of fused-ring (bicyclic) bond motifs is 1. The van der Waals surface area contributed by atoms with Gasteiger partial charge in [0.1, 0.15) is 31.3 Å². The lowest BCUT2D eigenvalue weighted by Crippen LogP contribution is -2.37. The number of carbonyl (C=O) groups is 2. The van der Waals surface area contributed by atoms with Crippen molar-refractivity contribution in [1.29, 1.82) is 0 Å². The molecule has 0 aliphatic carbocycles. The zero-order valence-electron chi connectivity index (χ0n) is 14.8. The van der Waals surface area contributed by atoms with Gasteiger partial charge in [-0.2, -0.15) is 0 Å². The van der Waals surface area contributed by atoms with Crippen LogP contribution in [0.4, 0.5) is 5.69 Å². The van der Waals surface area contributed by atoms with Gasteiger partial charge in [0.2, 0.25) is 0 Å². The quantitative estimate of drug-likeness (QED) is 0.591. The number of anilines is 1. The fraction of sp³-hybridized carbons (Fsp3) is 0.263. The Bertz CT molecular complexity index is 806. The predicted molar refractivity (Wildman–Crippen MR) is 97.6 cm³/mol. The summed E-state index contributed by atoms with van der Waals surface area (Å²) in [7, 11) is 1.58. The molecule has 142 valence electrons. The van der Waals surface area contributed by atoms with Gasteiger partial charge in [0.05, 0.1) is 13.7 Å². The Morgan fingerprint density at radius 2 is 1.67 bits per heavy atom. The first-order valence-corrected chi connectivity index (χ1v) is 8.41. The molecule has 1 aliphatic rings. The fourth-order valence-electron chi connectivity index (χ4n) is 2.39. The molecule has 0 bridgehead atoms. The van der Waals surface area contributed by atoms with Crippen LogP contribution in [-0.2, 0) is 9.59 Å². The van der Waals surface area contributed by atoms with Gasteiger partial charge < -0.3 is 29.6 Å². The second-order valence-corrected chi connectivity index (χ2v) is 5.59. The highest BCUT2D eigenvalue weighted by atomic mass is 16.6. The van der Waals surface area contributed by atoms with Gasteiger partial charge >= 0.3 is 11.8 Å². The Labute approximate surface area is 156 Å². The monoisotopic (exact) mass is 372 g/mol. The molecule has 0 unspecified atom stereocenters. The maximum absolute atomic E-state index is 12.0. The highest BCUT2D eigenvalue weighted by Gasteiger charge is 2.16. The third-order valence-electron chi connectivity index (χ3n) is 3.72. The number of hydrogen-bond donors (Lipinski definition) is 2. The number of ether oxygens (including phenoxy) is 4. The van der Waals surface area contributed by atoms with Gasteiger partial charge in [0, 0.05) is 11.8 Å². The number of nitrogens with one attached hydrogen (secondary N) is 2. The normalized spacial score (nSPS) is 12.0. The van der Waals surface area contributed by atoms with Crippen molar-refractivity contribution >= 4 is 17.5 Å². The van der Waals surface area contributed by atoms with E-state index in [1.807, 2.05) is 0 Å². The molecule has 2 N–H and O–H groups in total. The van der Waals surface area contributed by atoms with Crippen LogP contribution in [0.1, 0.15) is 0 Å². The van der Waals surface area contributed by atoms with Crippen molar-refractivity contribution in [1.82, 2.24) is 5.32 Å². The van der Waals surface area contributed by atoms with E-state index in [1.165, 1.54) is 0 Å². The summed E-state index contributed by atoms with van der Waals surface area (Å²) in [5.74, 6) is 1.00. The van der Waals surface area contributed by atoms with Crippen LogP contribution in [0.5, 0.6) is 23.0 Å². The minimum absolute atomic E-state index is 0.194. The molecule has 8 nitrogen and oxygen atoms in total. The van der Waals surface area contributed by atoms with Gasteiger partial charge in [-0.3, -0.25) is 9.59 Å². The number of rotatable bonds is 6. The summed E-state index contributed by atoms with van der Waals surface area (Å²) in [4.78, 5) is 23.8. The van der Waals surface area contributed by atoms with E-state index in [0.29, 0.717) is 36.1 Å². The molecule has 1 aliphatic heterocycles. The summed E-state index contributed by atoms with van der Waals surface area (Å²) >= 11 is 0. The highest BCUT2D eigenvalue weighted by molar-refractivity contribution is 6.39. The molecule has 0 saturated heterocycles. The first-order chi connectivity index (χ1) is 13.2. The van der Waals surface area contributed by atoms with Gasteiger partial charge in [-0.25, -0.2) is 0 Å². The number of carbonyl (C=O) groups excluding carboxylic acids is 2. The molecular weight excluding hydrogens is 352 g/mol. The molecule has 27 heavy (non-hydrogen) atoms. The average molecular weight is 372 g/mol. The van der Waals surface area contributed by atoms with Gasteiger partial charge in [-0.15, -0.1) is 0 Å². The third-order valence-corrected chi connectivity index (χ3v) is 3.72. The number of amides is 2. The Hall–Kier alpha value is -3.42. The third kappa shape index (κ3) is 5.04. The van der Waals surface area contributed by atoms with Crippen LogP contribution in [0, 0.1) is 0 Å². The Balaban J connectivity index is 1.41. The SMILES string of the molecule is COc1ccc(OCCNC(=O)C(=O)Nc2ccc3c(c2)OCCO3)cc1. The van der Waals surface area contributed by atoms with Crippen LogP contribution in [0.2, 0.25) is 0 Å². The van der Waals surface area contributed by atoms with E-state index in [2.05, 4.69) is 10.6 Å². The lowest BCUT2D eigenvalue weighted by molar-refractivity contribution is -0.136. The second-order valence-electron chi connectivity index (χ2n) is 5.59. The van der Waals surface area contributed by atoms with Crippen molar-refractivity contribution in [3.8, 4) is 23.0 Å². The summed E-state index contributed by atoms with van der Waals surface area (Å²) in [6.07, 6.45) is 0. The Morgan fingerprint density at radius 3 is 2.41 bits per heavy atom. The largest absolute Gasteiger partial charge is 0.497 e. The Morgan fingerprint density at radius 1 is 0.963 bits per heavy atom. The van der Waals surface area contributed by atoms with E-state index < -0.39 is 11.8 Å². The summed E-state index contributed by atoms with van der Waals surface area (Å²) in [5, 5.41) is 5.02. The smallest absolute Gasteiger partial charge is 0.313 e. The molecule has 2 aromatic rings. The summed E-state index contributed by atoms with van der Waals surface area (Å²) < 4.78 is 21.4. The maximum atomic E-state index is 12.0. The van der Waals surface area contributed by atoms with E-state index in [-0.39, 0.29) is 13.2 Å². The molecule has 0 fully saturated rings. The summed E-state index contributed by atoms with van der Waals surface area (Å²) in [6, 6.07) is 12.0. The summed E-state index contributed by atoms with van der Waals surface area (Å²) in [5.41, 5.74) is 0.453. The molecular formula is C19H20N2O6. The van der Waals surface area contributed by atoms with E-state index >= 15 is 0 Å². The van der Waals surface area contributed by atoms with Crippen molar-refractivity contribution in [2.75, 3.05) is 38.8 Å². The van der Waals surface area contributed by atoms with Crippen molar-refractivity contribution in [2.24, 2.45) is 0 Å². The Kier molecular flexibility index (Phi) is 5.98. The fourth-order valence-corrected chi connectivity index (χ4v) is 2.39. The van der Waals surface area contributed by atoms with Crippen LogP contribution in [0.3, 0.4) is 0 Å². The van der Waals surface area contributed by atoms with Gasteiger partial charge in [-0.1, -0.05) is 0 Å². The molecule has 2 amide bonds. The molecule has 0 radical (unpaired) electrons. The lowest BCUT2D eigenvalue weighted by atomic mass is 10.2. The molecule has 3 rings (SSSR count). The zero-order chi connectivity index (χ0) is 19.1. The summed E-state index contributed by atoms with van der Waals surface area (Å²) in [6.45, 7) is 1.35. The van der Waals surface area contributed by atoms with Gasteiger partial charge in [0.25, 0.3) is 0 Å². The van der Waals surface area contributed by atoms with Crippen molar-refractivity contribution in [3.05, 3.63) is 42.5 Å². The van der Waals surface area contributed by atoms with Gasteiger partial charge in [-0.05, 0) is 36.4 Å². The minimum Gasteiger partial charge on any atom is -0.497 e. The van der Waals surface area contributed by atoms with E-state index in [9.17, 15) is 9.59 Å². The minimum atomic E-state index is -0.767. The van der Waals surface area contributed by atoms with E-state index in [1.54, 1.807) is 49.6 Å². The second kappa shape index (κ2) is 8.79. The molecule has 2 aromatic carbocycles. The highest BCUT2D eigenvalue weighted by Crippen LogP contribution is 2.32. The van der Waals surface area contributed by atoms with Crippen LogP contribution < -0.4 is 29.6 Å². The molecule has 8 heteroatoms. The van der Waals surface area contributed by atoms with E-state index in [0.717, 1.165) is 5.75 Å². The van der Waals surface area contributed by atoms with Crippen molar-refractivity contribution in [3.63, 3.8) is 0 Å². The topological polar surface area (TPSA) is 95.1 Å². The average Bonchev–Trinajstić information content (AvgIpc) is 2.71. The maximum Gasteiger partial charge on any atom is 0.313 e. The number of hydrogen-bond acceptors (Lipinski definition) is 6. The zero-order valence-corrected chi connectivity index (χ0v) is 14.8. The predicted octanol–water partition coefficient (Wildman–Crippen LogP) is 1.60. The van der Waals surface area contributed by atoms with Crippen LogP contribution in [-0.4, -0.2) is 45.3 Å². The van der Waals surface area contributed by atoms with Crippen LogP contribution in [0.15, 0.2) is 42.5 Å². The number of benzene rings is 2. The van der Waals surface area contributed by atoms with Crippen LogP contribution in [0.25, 0.3) is 0 Å².